The lowest BCUT2D eigenvalue weighted by molar-refractivity contribution is -0.128. The summed E-state index contributed by atoms with van der Waals surface area (Å²) >= 11 is 0. The Morgan fingerprint density at radius 2 is 1.92 bits per heavy atom. The van der Waals surface area contributed by atoms with E-state index in [0.717, 1.165) is 31.2 Å². The van der Waals surface area contributed by atoms with Gasteiger partial charge in [0.05, 0.1) is 11.8 Å². The lowest BCUT2D eigenvalue weighted by atomic mass is 10.00. The van der Waals surface area contributed by atoms with E-state index in [1.54, 1.807) is 21.7 Å². The molecule has 5 rings (SSSR count). The minimum absolute atomic E-state index is 0.0702. The van der Waals surface area contributed by atoms with Gasteiger partial charge in [-0.3, -0.25) is 14.5 Å². The standard InChI is InChI=1S/C28H31N5O3/c1-4-28(2,3)29-27(35)26(24-13-8-16-36-24)33(21-15-14-19-9-7-10-20(19)17-21)25(34)18-32-23-12-6-5-11-22(23)30-31-32/h5-6,8,11-17,26H,4,7,9-10,18H2,1-3H3,(H,29,35)/t26-/m1/s1. The van der Waals surface area contributed by atoms with E-state index in [2.05, 4.69) is 21.7 Å². The summed E-state index contributed by atoms with van der Waals surface area (Å²) < 4.78 is 7.30. The molecule has 1 aliphatic rings. The lowest BCUT2D eigenvalue weighted by Gasteiger charge is -2.33. The van der Waals surface area contributed by atoms with E-state index in [0.29, 0.717) is 17.0 Å². The van der Waals surface area contributed by atoms with Crippen molar-refractivity contribution in [3.05, 3.63) is 77.7 Å². The van der Waals surface area contributed by atoms with Gasteiger partial charge in [0.15, 0.2) is 6.04 Å². The van der Waals surface area contributed by atoms with E-state index in [1.807, 2.05) is 57.2 Å². The third-order valence-corrected chi connectivity index (χ3v) is 7.00. The molecule has 0 saturated carbocycles. The Bertz CT molecular complexity index is 1390. The van der Waals surface area contributed by atoms with Crippen LogP contribution in [0.3, 0.4) is 0 Å². The quantitative estimate of drug-likeness (QED) is 0.394. The second kappa shape index (κ2) is 9.60. The maximum atomic E-state index is 14.0. The summed E-state index contributed by atoms with van der Waals surface area (Å²) in [6, 6.07) is 16.0. The smallest absolute Gasteiger partial charge is 0.251 e. The zero-order valence-corrected chi connectivity index (χ0v) is 20.9. The number of fused-ring (bicyclic) bond motifs is 2. The Hall–Kier alpha value is -3.94. The molecular weight excluding hydrogens is 454 g/mol. The van der Waals surface area contributed by atoms with E-state index in [-0.39, 0.29) is 18.4 Å². The molecule has 8 nitrogen and oxygen atoms in total. The lowest BCUT2D eigenvalue weighted by Crippen LogP contribution is -2.51. The predicted molar refractivity (Wildman–Crippen MR) is 137 cm³/mol. The van der Waals surface area contributed by atoms with E-state index in [9.17, 15) is 9.59 Å². The molecule has 0 aliphatic heterocycles. The van der Waals surface area contributed by atoms with Crippen LogP contribution >= 0.6 is 0 Å². The summed E-state index contributed by atoms with van der Waals surface area (Å²) in [5.41, 5.74) is 4.18. The first-order chi connectivity index (χ1) is 17.4. The molecule has 0 unspecified atom stereocenters. The molecule has 186 valence electrons. The molecule has 8 heteroatoms. The SMILES string of the molecule is CCC(C)(C)NC(=O)[C@@H](c1ccco1)N(C(=O)Cn1nnc2ccccc21)c1ccc2c(c1)CCC2. The molecule has 2 heterocycles. The fourth-order valence-corrected chi connectivity index (χ4v) is 4.69. The molecular formula is C28H31N5O3. The molecule has 36 heavy (non-hydrogen) atoms. The Morgan fingerprint density at radius 3 is 2.69 bits per heavy atom. The highest BCUT2D eigenvalue weighted by Gasteiger charge is 2.37. The zero-order chi connectivity index (χ0) is 25.3. The number of benzene rings is 2. The van der Waals surface area contributed by atoms with E-state index < -0.39 is 11.6 Å². The molecule has 1 N–H and O–H groups in total. The summed E-state index contributed by atoms with van der Waals surface area (Å²) in [7, 11) is 0. The zero-order valence-electron chi connectivity index (χ0n) is 20.9. The number of rotatable bonds is 8. The van der Waals surface area contributed by atoms with E-state index >= 15 is 0 Å². The highest BCUT2D eigenvalue weighted by Crippen LogP contribution is 2.33. The van der Waals surface area contributed by atoms with Gasteiger partial charge in [0.2, 0.25) is 5.91 Å². The van der Waals surface area contributed by atoms with Crippen LogP contribution in [0.5, 0.6) is 0 Å². The van der Waals surface area contributed by atoms with Gasteiger partial charge in [-0.1, -0.05) is 30.3 Å². The average molecular weight is 486 g/mol. The van der Waals surface area contributed by atoms with Gasteiger partial charge in [-0.05, 0) is 87.1 Å². The molecule has 2 aromatic heterocycles. The number of nitrogens with one attached hydrogen (secondary N) is 1. The van der Waals surface area contributed by atoms with Crippen molar-refractivity contribution in [1.82, 2.24) is 20.3 Å². The number of aromatic nitrogens is 3. The van der Waals surface area contributed by atoms with Crippen LogP contribution in [0.1, 0.15) is 56.5 Å². The van der Waals surface area contributed by atoms with Crippen LogP contribution in [-0.2, 0) is 29.0 Å². The van der Waals surface area contributed by atoms with Gasteiger partial charge in [-0.15, -0.1) is 5.10 Å². The molecule has 0 bridgehead atoms. The molecule has 1 aliphatic carbocycles. The second-order valence-electron chi connectivity index (χ2n) is 9.95. The number of para-hydroxylation sites is 1. The van der Waals surface area contributed by atoms with Crippen LogP contribution in [0.4, 0.5) is 5.69 Å². The van der Waals surface area contributed by atoms with Gasteiger partial charge in [-0.2, -0.15) is 0 Å². The van der Waals surface area contributed by atoms with Crippen molar-refractivity contribution in [2.24, 2.45) is 0 Å². The molecule has 2 amide bonds. The van der Waals surface area contributed by atoms with Gasteiger partial charge < -0.3 is 9.73 Å². The van der Waals surface area contributed by atoms with Gasteiger partial charge in [-0.25, -0.2) is 4.68 Å². The third kappa shape index (κ3) is 4.63. The Morgan fingerprint density at radius 1 is 1.11 bits per heavy atom. The van der Waals surface area contributed by atoms with Crippen LogP contribution in [0.25, 0.3) is 11.0 Å². The summed E-state index contributed by atoms with van der Waals surface area (Å²) in [5.74, 6) is -0.180. The third-order valence-electron chi connectivity index (χ3n) is 7.00. The molecule has 4 aromatic rings. The molecule has 2 aromatic carbocycles. The predicted octanol–water partition coefficient (Wildman–Crippen LogP) is 4.59. The monoisotopic (exact) mass is 485 g/mol. The molecule has 0 radical (unpaired) electrons. The summed E-state index contributed by atoms with van der Waals surface area (Å²) in [5, 5.41) is 11.5. The number of hydrogen-bond acceptors (Lipinski definition) is 5. The van der Waals surface area contributed by atoms with Crippen molar-refractivity contribution in [1.29, 1.82) is 0 Å². The van der Waals surface area contributed by atoms with Crippen molar-refractivity contribution in [3.8, 4) is 0 Å². The number of aryl methyl sites for hydroxylation is 2. The number of nitrogens with zero attached hydrogens (tertiary/aromatic N) is 4. The number of hydrogen-bond donors (Lipinski definition) is 1. The van der Waals surface area contributed by atoms with Gasteiger partial charge in [0.1, 0.15) is 17.8 Å². The fraction of sp³-hybridized carbons (Fsp3) is 0.357. The first kappa shape index (κ1) is 23.8. The maximum Gasteiger partial charge on any atom is 0.251 e. The molecule has 0 spiro atoms. The van der Waals surface area contributed by atoms with Crippen LogP contribution in [-0.4, -0.2) is 32.3 Å². The van der Waals surface area contributed by atoms with Crippen molar-refractivity contribution in [2.75, 3.05) is 4.90 Å². The topological polar surface area (TPSA) is 93.3 Å². The van der Waals surface area contributed by atoms with E-state index in [1.165, 1.54) is 17.4 Å². The number of amides is 2. The molecule has 0 saturated heterocycles. The summed E-state index contributed by atoms with van der Waals surface area (Å²) in [4.78, 5) is 29.4. The first-order valence-corrected chi connectivity index (χ1v) is 12.4. The largest absolute Gasteiger partial charge is 0.467 e. The highest BCUT2D eigenvalue weighted by atomic mass is 16.3. The molecule has 1 atom stereocenters. The Balaban J connectivity index is 1.58. The van der Waals surface area contributed by atoms with Crippen molar-refractivity contribution in [3.63, 3.8) is 0 Å². The second-order valence-corrected chi connectivity index (χ2v) is 9.95. The van der Waals surface area contributed by atoms with Crippen LogP contribution in [0.15, 0.2) is 65.3 Å². The van der Waals surface area contributed by atoms with Crippen molar-refractivity contribution < 1.29 is 14.0 Å². The number of furan rings is 1. The number of carbonyl (C=O) groups is 2. The minimum atomic E-state index is -0.979. The average Bonchev–Trinajstić information content (AvgIpc) is 3.63. The van der Waals surface area contributed by atoms with E-state index in [4.69, 9.17) is 4.42 Å². The van der Waals surface area contributed by atoms with Crippen molar-refractivity contribution in [2.45, 2.75) is 64.6 Å². The van der Waals surface area contributed by atoms with Gasteiger partial charge in [0.25, 0.3) is 5.91 Å². The van der Waals surface area contributed by atoms with Crippen LogP contribution < -0.4 is 10.2 Å². The fourth-order valence-electron chi connectivity index (χ4n) is 4.69. The summed E-state index contributed by atoms with van der Waals surface area (Å²) in [6.45, 7) is 5.88. The first-order valence-electron chi connectivity index (χ1n) is 12.4. The number of carbonyl (C=O) groups excluding carboxylic acids is 2. The normalized spacial score (nSPS) is 14.0. The van der Waals surface area contributed by atoms with Gasteiger partial charge >= 0.3 is 0 Å². The molecule has 0 fully saturated rings. The highest BCUT2D eigenvalue weighted by molar-refractivity contribution is 6.01. The summed E-state index contributed by atoms with van der Waals surface area (Å²) in [6.07, 6.45) is 5.34. The van der Waals surface area contributed by atoms with Gasteiger partial charge in [0, 0.05) is 11.2 Å². The van der Waals surface area contributed by atoms with Crippen molar-refractivity contribution >= 4 is 28.5 Å². The Kier molecular flexibility index (Phi) is 6.35. The number of anilines is 1. The van der Waals surface area contributed by atoms with Crippen LogP contribution in [0, 0.1) is 0 Å². The van der Waals surface area contributed by atoms with Crippen LogP contribution in [0.2, 0.25) is 0 Å². The maximum absolute atomic E-state index is 14.0. The minimum Gasteiger partial charge on any atom is -0.467 e. The Labute approximate surface area is 210 Å².